The van der Waals surface area contributed by atoms with Gasteiger partial charge >= 0.3 is 0 Å². The summed E-state index contributed by atoms with van der Waals surface area (Å²) in [5, 5.41) is 12.2. The molecule has 1 saturated heterocycles. The molecule has 3 rings (SSSR count). The number of thiazole rings is 1. The predicted molar refractivity (Wildman–Crippen MR) is 83.6 cm³/mol. The molecule has 3 heterocycles. The van der Waals surface area contributed by atoms with Crippen LogP contribution in [0.5, 0.6) is 0 Å². The summed E-state index contributed by atoms with van der Waals surface area (Å²) in [5.74, 6) is 1.34. The van der Waals surface area contributed by atoms with E-state index >= 15 is 0 Å². The van der Waals surface area contributed by atoms with Crippen LogP contribution in [0.25, 0.3) is 0 Å². The minimum Gasteiger partial charge on any atom is -0.390 e. The molecule has 6 heteroatoms. The monoisotopic (exact) mass is 304 g/mol. The molecule has 0 atom stereocenters. The van der Waals surface area contributed by atoms with E-state index in [-0.39, 0.29) is 6.61 Å². The quantitative estimate of drug-likeness (QED) is 0.939. The van der Waals surface area contributed by atoms with Crippen LogP contribution in [0, 0.1) is 0 Å². The van der Waals surface area contributed by atoms with E-state index in [9.17, 15) is 0 Å². The van der Waals surface area contributed by atoms with E-state index in [1.54, 1.807) is 11.3 Å². The Bertz CT molecular complexity index is 576. The third kappa shape index (κ3) is 3.22. The SMILES string of the molecule is CCc1cnc(N2CCC(c3nc(CO)cs3)CC2)nc1. The third-order valence-corrected chi connectivity index (χ3v) is 5.01. The molecule has 0 aromatic carbocycles. The number of anilines is 1. The van der Waals surface area contributed by atoms with Crippen molar-refractivity contribution >= 4 is 17.3 Å². The molecule has 1 aliphatic heterocycles. The van der Waals surface area contributed by atoms with E-state index in [0.717, 1.165) is 49.0 Å². The first-order valence-corrected chi connectivity index (χ1v) is 8.29. The summed E-state index contributed by atoms with van der Waals surface area (Å²) in [7, 11) is 0. The second-order valence-electron chi connectivity index (χ2n) is 5.34. The molecule has 0 spiro atoms. The number of hydrogen-bond acceptors (Lipinski definition) is 6. The van der Waals surface area contributed by atoms with E-state index in [2.05, 4.69) is 26.8 Å². The highest BCUT2D eigenvalue weighted by atomic mass is 32.1. The number of hydrogen-bond donors (Lipinski definition) is 1. The standard InChI is InChI=1S/C15H20N4OS/c1-2-11-7-16-15(17-8-11)19-5-3-12(4-6-19)14-18-13(9-20)10-21-14/h7-8,10,12,20H,2-6,9H2,1H3. The molecule has 0 bridgehead atoms. The maximum Gasteiger partial charge on any atom is 0.225 e. The van der Waals surface area contributed by atoms with Crippen LogP contribution in [-0.4, -0.2) is 33.1 Å². The van der Waals surface area contributed by atoms with Crippen molar-refractivity contribution in [2.24, 2.45) is 0 Å². The fraction of sp³-hybridized carbons (Fsp3) is 0.533. The Kier molecular flexibility index (Phi) is 4.45. The van der Waals surface area contributed by atoms with Gasteiger partial charge in [-0.05, 0) is 24.8 Å². The van der Waals surface area contributed by atoms with Crippen LogP contribution in [0.2, 0.25) is 0 Å². The first-order valence-electron chi connectivity index (χ1n) is 7.41. The normalized spacial score (nSPS) is 16.4. The molecule has 0 amide bonds. The van der Waals surface area contributed by atoms with Crippen LogP contribution in [0.3, 0.4) is 0 Å². The Morgan fingerprint density at radius 1 is 1.29 bits per heavy atom. The molecule has 2 aromatic rings. The van der Waals surface area contributed by atoms with Crippen molar-refractivity contribution in [1.29, 1.82) is 0 Å². The molecule has 1 fully saturated rings. The lowest BCUT2D eigenvalue weighted by Gasteiger charge is -2.31. The topological polar surface area (TPSA) is 62.1 Å². The fourth-order valence-corrected chi connectivity index (χ4v) is 3.59. The van der Waals surface area contributed by atoms with E-state index in [1.807, 2.05) is 17.8 Å². The Balaban J connectivity index is 1.61. The van der Waals surface area contributed by atoms with Crippen molar-refractivity contribution in [3.05, 3.63) is 34.0 Å². The summed E-state index contributed by atoms with van der Waals surface area (Å²) in [4.78, 5) is 15.7. The van der Waals surface area contributed by atoms with Crippen LogP contribution < -0.4 is 4.90 Å². The lowest BCUT2D eigenvalue weighted by atomic mass is 9.98. The average molecular weight is 304 g/mol. The lowest BCUT2D eigenvalue weighted by Crippen LogP contribution is -2.34. The van der Waals surface area contributed by atoms with Crippen LogP contribution in [0.15, 0.2) is 17.8 Å². The minimum absolute atomic E-state index is 0.0347. The van der Waals surface area contributed by atoms with Crippen molar-refractivity contribution in [2.75, 3.05) is 18.0 Å². The van der Waals surface area contributed by atoms with Crippen molar-refractivity contribution in [3.63, 3.8) is 0 Å². The number of nitrogens with zero attached hydrogens (tertiary/aromatic N) is 4. The van der Waals surface area contributed by atoms with Gasteiger partial charge in [0.25, 0.3) is 0 Å². The molecular weight excluding hydrogens is 284 g/mol. The Labute approximate surface area is 128 Å². The molecule has 21 heavy (non-hydrogen) atoms. The summed E-state index contributed by atoms with van der Waals surface area (Å²) in [6, 6.07) is 0. The Morgan fingerprint density at radius 3 is 2.57 bits per heavy atom. The predicted octanol–water partition coefficient (Wildman–Crippen LogP) is 2.37. The second kappa shape index (κ2) is 6.49. The molecule has 2 aromatic heterocycles. The summed E-state index contributed by atoms with van der Waals surface area (Å²) < 4.78 is 0. The largest absolute Gasteiger partial charge is 0.390 e. The molecule has 0 unspecified atom stereocenters. The molecule has 1 aliphatic rings. The molecule has 1 N–H and O–H groups in total. The molecule has 5 nitrogen and oxygen atoms in total. The summed E-state index contributed by atoms with van der Waals surface area (Å²) >= 11 is 1.66. The van der Waals surface area contributed by atoms with E-state index in [1.165, 1.54) is 5.56 Å². The maximum atomic E-state index is 9.10. The maximum absolute atomic E-state index is 9.10. The highest BCUT2D eigenvalue weighted by Gasteiger charge is 2.24. The van der Waals surface area contributed by atoms with Gasteiger partial charge in [-0.2, -0.15) is 0 Å². The average Bonchev–Trinajstić information content (AvgIpc) is 3.04. The van der Waals surface area contributed by atoms with Gasteiger partial charge in [0.05, 0.1) is 17.3 Å². The van der Waals surface area contributed by atoms with Crippen LogP contribution >= 0.6 is 11.3 Å². The first kappa shape index (κ1) is 14.4. The first-order chi connectivity index (χ1) is 10.3. The molecule has 0 radical (unpaired) electrons. The van der Waals surface area contributed by atoms with Gasteiger partial charge in [0.15, 0.2) is 0 Å². The second-order valence-corrected chi connectivity index (χ2v) is 6.23. The number of aryl methyl sites for hydroxylation is 1. The highest BCUT2D eigenvalue weighted by molar-refractivity contribution is 7.09. The van der Waals surface area contributed by atoms with E-state index < -0.39 is 0 Å². The zero-order valence-electron chi connectivity index (χ0n) is 12.2. The summed E-state index contributed by atoms with van der Waals surface area (Å²) in [6.07, 6.45) is 6.94. The van der Waals surface area contributed by atoms with Gasteiger partial charge in [0.1, 0.15) is 0 Å². The number of aliphatic hydroxyl groups is 1. The van der Waals surface area contributed by atoms with E-state index in [0.29, 0.717) is 5.92 Å². The number of aliphatic hydroxyl groups excluding tert-OH is 1. The Hall–Kier alpha value is -1.53. The van der Waals surface area contributed by atoms with Gasteiger partial charge in [0, 0.05) is 36.8 Å². The van der Waals surface area contributed by atoms with E-state index in [4.69, 9.17) is 5.11 Å². The third-order valence-electron chi connectivity index (χ3n) is 3.96. The van der Waals surface area contributed by atoms with Crippen LogP contribution in [-0.2, 0) is 13.0 Å². The minimum atomic E-state index is 0.0347. The Morgan fingerprint density at radius 2 is 2.00 bits per heavy atom. The molecule has 0 saturated carbocycles. The van der Waals surface area contributed by atoms with Gasteiger partial charge < -0.3 is 10.0 Å². The van der Waals surface area contributed by atoms with Crippen LogP contribution in [0.4, 0.5) is 5.95 Å². The number of rotatable bonds is 4. The molecule has 0 aliphatic carbocycles. The molecule has 112 valence electrons. The number of piperidine rings is 1. The van der Waals surface area contributed by atoms with Crippen LogP contribution in [0.1, 0.15) is 41.9 Å². The van der Waals surface area contributed by atoms with Gasteiger partial charge in [0.2, 0.25) is 5.95 Å². The summed E-state index contributed by atoms with van der Waals surface area (Å²) in [6.45, 7) is 4.07. The van der Waals surface area contributed by atoms with Crippen molar-refractivity contribution in [2.45, 2.75) is 38.7 Å². The van der Waals surface area contributed by atoms with Gasteiger partial charge in [-0.3, -0.25) is 0 Å². The highest BCUT2D eigenvalue weighted by Crippen LogP contribution is 2.31. The van der Waals surface area contributed by atoms with Crippen molar-refractivity contribution in [1.82, 2.24) is 15.0 Å². The van der Waals surface area contributed by atoms with Gasteiger partial charge in [-0.15, -0.1) is 11.3 Å². The zero-order chi connectivity index (χ0) is 14.7. The smallest absolute Gasteiger partial charge is 0.225 e. The zero-order valence-corrected chi connectivity index (χ0v) is 13.0. The van der Waals surface area contributed by atoms with Gasteiger partial charge in [-0.25, -0.2) is 15.0 Å². The number of aromatic nitrogens is 3. The summed E-state index contributed by atoms with van der Waals surface area (Å²) in [5.41, 5.74) is 1.96. The fourth-order valence-electron chi connectivity index (χ4n) is 2.60. The lowest BCUT2D eigenvalue weighted by molar-refractivity contribution is 0.277. The van der Waals surface area contributed by atoms with Crippen molar-refractivity contribution in [3.8, 4) is 0 Å². The molecular formula is C15H20N4OS. The van der Waals surface area contributed by atoms with Crippen molar-refractivity contribution < 1.29 is 5.11 Å². The van der Waals surface area contributed by atoms with Gasteiger partial charge in [-0.1, -0.05) is 6.92 Å².